The number of amides is 1. The molecule has 2 aliphatic rings. The number of fused-ring (bicyclic) bond motifs is 3. The minimum absolute atomic E-state index is 0.0429. The zero-order valence-corrected chi connectivity index (χ0v) is 8.36. The molecule has 0 aromatic heterocycles. The molecule has 1 aromatic carbocycles. The third-order valence-corrected chi connectivity index (χ3v) is 3.49. The average molecular weight is 203 g/mol. The van der Waals surface area contributed by atoms with E-state index in [9.17, 15) is 9.90 Å². The van der Waals surface area contributed by atoms with Crippen LogP contribution in [0.3, 0.4) is 0 Å². The Morgan fingerprint density at radius 3 is 3.07 bits per heavy atom. The van der Waals surface area contributed by atoms with Crippen molar-refractivity contribution in [1.82, 2.24) is 5.32 Å². The second-order valence-corrected chi connectivity index (χ2v) is 4.48. The summed E-state index contributed by atoms with van der Waals surface area (Å²) in [5.74, 6) is 0.0429. The second-order valence-electron chi connectivity index (χ2n) is 4.48. The quantitative estimate of drug-likeness (QED) is 0.659. The van der Waals surface area contributed by atoms with E-state index in [4.69, 9.17) is 0 Å². The summed E-state index contributed by atoms with van der Waals surface area (Å²) in [4.78, 5) is 11.3. The maximum absolute atomic E-state index is 11.3. The molecule has 1 amide bonds. The summed E-state index contributed by atoms with van der Waals surface area (Å²) < 4.78 is 0. The lowest BCUT2D eigenvalue weighted by atomic mass is 9.86. The number of benzene rings is 1. The van der Waals surface area contributed by atoms with Gasteiger partial charge in [0.25, 0.3) is 0 Å². The van der Waals surface area contributed by atoms with Crippen molar-refractivity contribution in [1.29, 1.82) is 0 Å². The Hall–Kier alpha value is -1.35. The largest absolute Gasteiger partial charge is 0.387 e. The Morgan fingerprint density at radius 2 is 2.20 bits per heavy atom. The normalized spacial score (nSPS) is 33.1. The molecule has 1 saturated heterocycles. The lowest BCUT2D eigenvalue weighted by Gasteiger charge is -2.35. The van der Waals surface area contributed by atoms with Crippen LogP contribution in [-0.4, -0.2) is 16.6 Å². The van der Waals surface area contributed by atoms with Gasteiger partial charge < -0.3 is 10.4 Å². The van der Waals surface area contributed by atoms with Gasteiger partial charge in [0.2, 0.25) is 5.91 Å². The van der Waals surface area contributed by atoms with Gasteiger partial charge in [-0.2, -0.15) is 0 Å². The first-order chi connectivity index (χ1) is 7.19. The van der Waals surface area contributed by atoms with Crippen molar-refractivity contribution in [3.63, 3.8) is 0 Å². The zero-order chi connectivity index (χ0) is 10.5. The fraction of sp³-hybridized carbons (Fsp3) is 0.417. The topological polar surface area (TPSA) is 49.3 Å². The third-order valence-electron chi connectivity index (χ3n) is 3.49. The first-order valence-electron chi connectivity index (χ1n) is 5.29. The van der Waals surface area contributed by atoms with E-state index in [2.05, 4.69) is 5.32 Å². The van der Waals surface area contributed by atoms with Gasteiger partial charge >= 0.3 is 0 Å². The molecule has 0 spiro atoms. The van der Waals surface area contributed by atoms with E-state index in [1.165, 1.54) is 0 Å². The number of carbonyl (C=O) groups excluding carboxylic acids is 1. The predicted molar refractivity (Wildman–Crippen MR) is 55.2 cm³/mol. The molecule has 2 N–H and O–H groups in total. The van der Waals surface area contributed by atoms with Gasteiger partial charge in [0.15, 0.2) is 0 Å². The molecule has 1 aromatic rings. The molecule has 15 heavy (non-hydrogen) atoms. The van der Waals surface area contributed by atoms with Crippen LogP contribution in [0.25, 0.3) is 0 Å². The number of hydrogen-bond donors (Lipinski definition) is 2. The minimum atomic E-state index is -0.752. The van der Waals surface area contributed by atoms with Crippen LogP contribution in [0, 0.1) is 0 Å². The number of carbonyl (C=O) groups is 1. The Kier molecular flexibility index (Phi) is 1.68. The number of hydrogen-bond acceptors (Lipinski definition) is 2. The van der Waals surface area contributed by atoms with E-state index in [0.29, 0.717) is 19.3 Å². The monoisotopic (exact) mass is 203 g/mol. The van der Waals surface area contributed by atoms with Crippen LogP contribution in [0.15, 0.2) is 24.3 Å². The van der Waals surface area contributed by atoms with Gasteiger partial charge in [-0.05, 0) is 17.5 Å². The lowest BCUT2D eigenvalue weighted by molar-refractivity contribution is -0.130. The van der Waals surface area contributed by atoms with E-state index in [0.717, 1.165) is 11.1 Å². The highest BCUT2D eigenvalue weighted by atomic mass is 16.3. The van der Waals surface area contributed by atoms with Gasteiger partial charge in [-0.1, -0.05) is 24.3 Å². The standard InChI is InChI=1S/C12H13NO2/c14-10-5-6-12(15)7-8-3-1-2-4-9(8)11(12)13-10/h1-4,11,15H,5-7H2,(H,13,14)/t11-,12-/m0/s1. The molecule has 1 aliphatic heterocycles. The van der Waals surface area contributed by atoms with Gasteiger partial charge in [-0.15, -0.1) is 0 Å². The lowest BCUT2D eigenvalue weighted by Crippen LogP contribution is -2.48. The summed E-state index contributed by atoms with van der Waals surface area (Å²) in [6.07, 6.45) is 1.66. The first kappa shape index (κ1) is 8.92. The van der Waals surface area contributed by atoms with Gasteiger partial charge in [-0.3, -0.25) is 4.79 Å². The van der Waals surface area contributed by atoms with Crippen LogP contribution in [0.4, 0.5) is 0 Å². The van der Waals surface area contributed by atoms with Gasteiger partial charge in [0.1, 0.15) is 0 Å². The fourth-order valence-electron chi connectivity index (χ4n) is 2.71. The molecule has 3 heteroatoms. The van der Waals surface area contributed by atoms with Crippen molar-refractivity contribution >= 4 is 5.91 Å². The Bertz CT molecular complexity index is 429. The zero-order valence-electron chi connectivity index (χ0n) is 8.36. The number of rotatable bonds is 0. The number of nitrogens with one attached hydrogen (secondary N) is 1. The maximum Gasteiger partial charge on any atom is 0.220 e. The van der Waals surface area contributed by atoms with Gasteiger partial charge in [0.05, 0.1) is 11.6 Å². The molecule has 2 atom stereocenters. The first-order valence-corrected chi connectivity index (χ1v) is 5.29. The third kappa shape index (κ3) is 1.20. The van der Waals surface area contributed by atoms with Crippen LogP contribution >= 0.6 is 0 Å². The van der Waals surface area contributed by atoms with E-state index in [-0.39, 0.29) is 11.9 Å². The van der Waals surface area contributed by atoms with Crippen molar-refractivity contribution < 1.29 is 9.90 Å². The highest BCUT2D eigenvalue weighted by molar-refractivity contribution is 5.78. The smallest absolute Gasteiger partial charge is 0.220 e. The van der Waals surface area contributed by atoms with Gasteiger partial charge in [-0.25, -0.2) is 0 Å². The molecular formula is C12H13NO2. The van der Waals surface area contributed by atoms with Crippen LogP contribution in [-0.2, 0) is 11.2 Å². The predicted octanol–water partition coefficient (Wildman–Crippen LogP) is 0.925. The minimum Gasteiger partial charge on any atom is -0.387 e. The van der Waals surface area contributed by atoms with Crippen molar-refractivity contribution in [2.24, 2.45) is 0 Å². The summed E-state index contributed by atoms with van der Waals surface area (Å²) in [7, 11) is 0. The molecule has 1 heterocycles. The van der Waals surface area contributed by atoms with Crippen molar-refractivity contribution in [2.45, 2.75) is 30.9 Å². The molecule has 1 fully saturated rings. The Balaban J connectivity index is 2.07. The van der Waals surface area contributed by atoms with Crippen molar-refractivity contribution in [3.05, 3.63) is 35.4 Å². The van der Waals surface area contributed by atoms with Gasteiger partial charge in [0, 0.05) is 12.8 Å². The average Bonchev–Trinajstić information content (AvgIpc) is 2.51. The van der Waals surface area contributed by atoms with E-state index < -0.39 is 5.60 Å². The molecular weight excluding hydrogens is 190 g/mol. The molecule has 0 saturated carbocycles. The fourth-order valence-corrected chi connectivity index (χ4v) is 2.71. The molecule has 0 radical (unpaired) electrons. The SMILES string of the molecule is O=C1CC[C@]2(O)Cc3ccccc3[C@@H]2N1. The van der Waals surface area contributed by atoms with Crippen LogP contribution in [0.2, 0.25) is 0 Å². The van der Waals surface area contributed by atoms with Crippen molar-refractivity contribution in [3.8, 4) is 0 Å². The van der Waals surface area contributed by atoms with Crippen molar-refractivity contribution in [2.75, 3.05) is 0 Å². The molecule has 78 valence electrons. The van der Waals surface area contributed by atoms with E-state index in [1.54, 1.807) is 0 Å². The Morgan fingerprint density at radius 1 is 1.40 bits per heavy atom. The van der Waals surface area contributed by atoms with Crippen LogP contribution < -0.4 is 5.32 Å². The van der Waals surface area contributed by atoms with E-state index in [1.807, 2.05) is 24.3 Å². The highest BCUT2D eigenvalue weighted by Crippen LogP contribution is 2.43. The molecule has 1 aliphatic carbocycles. The summed E-state index contributed by atoms with van der Waals surface area (Å²) >= 11 is 0. The second kappa shape index (κ2) is 2.83. The summed E-state index contributed by atoms with van der Waals surface area (Å²) in [6, 6.07) is 7.74. The summed E-state index contributed by atoms with van der Waals surface area (Å²) in [5.41, 5.74) is 1.48. The number of aliphatic hydroxyl groups is 1. The molecule has 3 rings (SSSR count). The maximum atomic E-state index is 11.3. The Labute approximate surface area is 88.1 Å². The van der Waals surface area contributed by atoms with E-state index >= 15 is 0 Å². The molecule has 0 bridgehead atoms. The molecule has 3 nitrogen and oxygen atoms in total. The number of piperidine rings is 1. The van der Waals surface area contributed by atoms with Crippen LogP contribution in [0.1, 0.15) is 30.0 Å². The summed E-state index contributed by atoms with van der Waals surface area (Å²) in [5, 5.41) is 13.3. The summed E-state index contributed by atoms with van der Waals surface area (Å²) in [6.45, 7) is 0. The molecule has 0 unspecified atom stereocenters. The highest BCUT2D eigenvalue weighted by Gasteiger charge is 2.47. The van der Waals surface area contributed by atoms with Crippen LogP contribution in [0.5, 0.6) is 0 Å².